The molecule has 8 heteroatoms. The van der Waals surface area contributed by atoms with Crippen molar-refractivity contribution in [3.05, 3.63) is 75.2 Å². The summed E-state index contributed by atoms with van der Waals surface area (Å²) in [4.78, 5) is 22.2. The first-order chi connectivity index (χ1) is 13.0. The van der Waals surface area contributed by atoms with Crippen LogP contribution in [0.1, 0.15) is 17.0 Å². The largest absolute Gasteiger partial charge is 0.346 e. The number of thiophene rings is 1. The van der Waals surface area contributed by atoms with Crippen molar-refractivity contribution in [2.24, 2.45) is 0 Å². The lowest BCUT2D eigenvalue weighted by Gasteiger charge is -2.14. The molecule has 2 unspecified atom stereocenters. The van der Waals surface area contributed by atoms with Crippen LogP contribution in [0, 0.1) is 0 Å². The predicted octanol–water partition coefficient (Wildman–Crippen LogP) is 5.55. The number of amides is 1. The van der Waals surface area contributed by atoms with Crippen molar-refractivity contribution in [2.45, 2.75) is 5.92 Å². The number of hydrogen-bond acceptors (Lipinski definition) is 3. The van der Waals surface area contributed by atoms with Crippen molar-refractivity contribution in [2.75, 3.05) is 6.16 Å². The summed E-state index contributed by atoms with van der Waals surface area (Å²) >= 11 is 13.6. The zero-order valence-corrected chi connectivity index (χ0v) is 17.3. The van der Waals surface area contributed by atoms with Crippen LogP contribution in [0.5, 0.6) is 0 Å². The minimum absolute atomic E-state index is 0.130. The van der Waals surface area contributed by atoms with Crippen LogP contribution in [-0.2, 0) is 9.36 Å². The quantitative estimate of drug-likeness (QED) is 0.495. The Morgan fingerprint density at radius 2 is 2.04 bits per heavy atom. The van der Waals surface area contributed by atoms with Gasteiger partial charge in [0.05, 0.1) is 5.92 Å². The number of hydrogen-bond donors (Lipinski definition) is 2. The van der Waals surface area contributed by atoms with Crippen molar-refractivity contribution in [3.63, 3.8) is 0 Å². The molecule has 27 heavy (non-hydrogen) atoms. The topological polar surface area (TPSA) is 66.4 Å². The van der Waals surface area contributed by atoms with Gasteiger partial charge in [0.25, 0.3) is 0 Å². The highest BCUT2D eigenvalue weighted by atomic mass is 35.5. The Hall–Kier alpha value is -1.62. The Balaban J connectivity index is 1.85. The van der Waals surface area contributed by atoms with Gasteiger partial charge in [-0.05, 0) is 52.2 Å². The maximum Gasteiger partial charge on any atom is 0.232 e. The minimum Gasteiger partial charge on any atom is -0.346 e. The molecule has 140 valence electrons. The number of benzene rings is 2. The second kappa shape index (κ2) is 9.05. The number of carbonyl (C=O) groups is 1. The Labute approximate surface area is 171 Å². The molecule has 4 nitrogen and oxygen atoms in total. The van der Waals surface area contributed by atoms with E-state index in [0.717, 1.165) is 15.6 Å². The van der Waals surface area contributed by atoms with Gasteiger partial charge in [-0.25, -0.2) is 0 Å². The van der Waals surface area contributed by atoms with Gasteiger partial charge in [-0.15, -0.1) is 11.3 Å². The van der Waals surface area contributed by atoms with Gasteiger partial charge >= 0.3 is 0 Å². The normalized spacial score (nSPS) is 13.7. The summed E-state index contributed by atoms with van der Waals surface area (Å²) < 4.78 is 12.5. The summed E-state index contributed by atoms with van der Waals surface area (Å²) in [5.41, 5.74) is 1.47. The third-order valence-corrected chi connectivity index (χ3v) is 6.35. The number of rotatable bonds is 6. The van der Waals surface area contributed by atoms with Gasteiger partial charge in [-0.1, -0.05) is 41.4 Å². The molecule has 0 saturated carbocycles. The highest BCUT2D eigenvalue weighted by Crippen LogP contribution is 2.36. The molecule has 3 rings (SSSR count). The summed E-state index contributed by atoms with van der Waals surface area (Å²) in [7, 11) is -2.85. The summed E-state index contributed by atoms with van der Waals surface area (Å²) in [6, 6.07) is 12.7. The van der Waals surface area contributed by atoms with Crippen molar-refractivity contribution in [1.82, 2.24) is 5.32 Å². The van der Waals surface area contributed by atoms with E-state index in [1.54, 1.807) is 24.3 Å². The summed E-state index contributed by atoms with van der Waals surface area (Å²) in [5, 5.41) is 6.48. The standard InChI is InChI=1S/C19H16Cl2NO3PS/c20-13-5-6-18-14(9-13)16(11-27-18)15(10-26(24)25)19(23)22-8-7-12-3-1-2-4-17(12)21/h1-9,11,15,26H,10H2,(H,22,23)(H,24,25)/b8-7+. The highest BCUT2D eigenvalue weighted by Gasteiger charge is 2.25. The van der Waals surface area contributed by atoms with Gasteiger partial charge in [0.2, 0.25) is 5.91 Å². The number of halogens is 2. The third kappa shape index (κ3) is 5.01. The SMILES string of the molecule is O=C(N/C=C/c1ccccc1Cl)C(C[PH](=O)O)c1csc2ccc(Cl)cc12. The molecular weight excluding hydrogens is 424 g/mol. The lowest BCUT2D eigenvalue weighted by molar-refractivity contribution is -0.121. The molecule has 0 saturated heterocycles. The molecule has 2 N–H and O–H groups in total. The van der Waals surface area contributed by atoms with Gasteiger partial charge < -0.3 is 10.2 Å². The smallest absolute Gasteiger partial charge is 0.232 e. The first kappa shape index (κ1) is 20.1. The second-order valence-corrected chi connectivity index (χ2v) is 8.80. The van der Waals surface area contributed by atoms with E-state index >= 15 is 0 Å². The molecule has 3 aromatic rings. The van der Waals surface area contributed by atoms with Gasteiger partial charge in [0.15, 0.2) is 8.03 Å². The molecule has 2 aromatic carbocycles. The van der Waals surface area contributed by atoms with Crippen LogP contribution in [-0.4, -0.2) is 17.0 Å². The maximum atomic E-state index is 12.7. The molecule has 0 spiro atoms. The first-order valence-electron chi connectivity index (χ1n) is 8.05. The fourth-order valence-corrected chi connectivity index (χ4v) is 4.85. The van der Waals surface area contributed by atoms with E-state index in [1.165, 1.54) is 17.5 Å². The van der Waals surface area contributed by atoms with E-state index in [2.05, 4.69) is 5.32 Å². The lowest BCUT2D eigenvalue weighted by atomic mass is 9.99. The summed E-state index contributed by atoms with van der Waals surface area (Å²) in [5.74, 6) is -1.10. The summed E-state index contributed by atoms with van der Waals surface area (Å²) in [6.07, 6.45) is 3.04. The van der Waals surface area contributed by atoms with Crippen LogP contribution in [0.3, 0.4) is 0 Å². The van der Waals surface area contributed by atoms with Crippen LogP contribution in [0.4, 0.5) is 0 Å². The molecule has 0 bridgehead atoms. The average molecular weight is 440 g/mol. The zero-order valence-electron chi connectivity index (χ0n) is 14.0. The third-order valence-electron chi connectivity index (χ3n) is 4.03. The summed E-state index contributed by atoms with van der Waals surface area (Å²) in [6.45, 7) is 0. The monoisotopic (exact) mass is 439 g/mol. The van der Waals surface area contributed by atoms with Crippen molar-refractivity contribution < 1.29 is 14.3 Å². The van der Waals surface area contributed by atoms with Crippen molar-refractivity contribution in [1.29, 1.82) is 0 Å². The lowest BCUT2D eigenvalue weighted by Crippen LogP contribution is -2.26. The Morgan fingerprint density at radius 1 is 1.26 bits per heavy atom. The molecule has 1 heterocycles. The molecule has 0 aliphatic rings. The van der Waals surface area contributed by atoms with E-state index in [1.807, 2.05) is 29.6 Å². The maximum absolute atomic E-state index is 12.7. The van der Waals surface area contributed by atoms with Gasteiger partial charge in [0, 0.05) is 27.1 Å². The van der Waals surface area contributed by atoms with Crippen LogP contribution in [0.25, 0.3) is 16.2 Å². The van der Waals surface area contributed by atoms with E-state index in [-0.39, 0.29) is 12.1 Å². The average Bonchev–Trinajstić information content (AvgIpc) is 3.03. The molecule has 0 fully saturated rings. The molecule has 0 aliphatic carbocycles. The second-order valence-electron chi connectivity index (χ2n) is 5.85. The van der Waals surface area contributed by atoms with E-state index < -0.39 is 13.9 Å². The zero-order chi connectivity index (χ0) is 19.4. The molecule has 1 amide bonds. The van der Waals surface area contributed by atoms with Gasteiger partial charge in [-0.2, -0.15) is 0 Å². The fraction of sp³-hybridized carbons (Fsp3) is 0.105. The van der Waals surface area contributed by atoms with Gasteiger partial charge in [0.1, 0.15) is 0 Å². The number of nitrogens with one attached hydrogen (secondary N) is 1. The Morgan fingerprint density at radius 3 is 2.78 bits per heavy atom. The van der Waals surface area contributed by atoms with E-state index in [4.69, 9.17) is 23.2 Å². The number of fused-ring (bicyclic) bond motifs is 1. The van der Waals surface area contributed by atoms with Crippen LogP contribution in [0.15, 0.2) is 54.0 Å². The van der Waals surface area contributed by atoms with Crippen molar-refractivity contribution >= 4 is 64.6 Å². The molecule has 0 aliphatic heterocycles. The molecule has 1 aromatic heterocycles. The van der Waals surface area contributed by atoms with E-state index in [9.17, 15) is 14.3 Å². The van der Waals surface area contributed by atoms with E-state index in [0.29, 0.717) is 15.6 Å². The van der Waals surface area contributed by atoms with Crippen LogP contribution >= 0.6 is 42.6 Å². The van der Waals surface area contributed by atoms with Gasteiger partial charge in [-0.3, -0.25) is 9.36 Å². The van der Waals surface area contributed by atoms with Crippen LogP contribution in [0.2, 0.25) is 10.0 Å². The van der Waals surface area contributed by atoms with Crippen LogP contribution < -0.4 is 5.32 Å². The predicted molar refractivity (Wildman–Crippen MR) is 114 cm³/mol. The molecule has 0 radical (unpaired) electrons. The highest BCUT2D eigenvalue weighted by molar-refractivity contribution is 7.38. The Bertz CT molecular complexity index is 1030. The minimum atomic E-state index is -2.85. The number of carbonyl (C=O) groups excluding carboxylic acids is 1. The Kier molecular flexibility index (Phi) is 6.74. The molecule has 2 atom stereocenters. The molecular formula is C19H16Cl2NO3PS. The first-order valence-corrected chi connectivity index (χ1v) is 11.3. The fourth-order valence-electron chi connectivity index (χ4n) is 2.73. The van der Waals surface area contributed by atoms with Crippen molar-refractivity contribution in [3.8, 4) is 0 Å².